The van der Waals surface area contributed by atoms with Crippen LogP contribution in [0.4, 0.5) is 0 Å². The highest BCUT2D eigenvalue weighted by atomic mass is 35.5. The van der Waals surface area contributed by atoms with Crippen LogP contribution in [-0.4, -0.2) is 17.0 Å². The topological polar surface area (TPSA) is 40.7 Å². The average molecular weight is 275 g/mol. The second-order valence-electron chi connectivity index (χ2n) is 3.09. The highest BCUT2D eigenvalue weighted by molar-refractivity contribution is 6.30. The molecule has 0 aliphatic carbocycles. The Morgan fingerprint density at radius 1 is 1.40 bits per heavy atom. The van der Waals surface area contributed by atoms with Gasteiger partial charge in [-0.25, -0.2) is 4.98 Å². The first kappa shape index (κ1) is 17.4. The Kier molecular flexibility index (Phi) is 10.8. The fourth-order valence-electron chi connectivity index (χ4n) is 1.20. The van der Waals surface area contributed by atoms with E-state index < -0.39 is 0 Å². The lowest BCUT2D eigenvalue weighted by Gasteiger charge is -1.94. The van der Waals surface area contributed by atoms with Crippen LogP contribution in [0.1, 0.15) is 31.3 Å². The van der Waals surface area contributed by atoms with Gasteiger partial charge in [-0.1, -0.05) is 24.9 Å². The molecule has 0 aliphatic heterocycles. The van der Waals surface area contributed by atoms with Crippen LogP contribution >= 0.6 is 36.4 Å². The van der Waals surface area contributed by atoms with E-state index in [0.717, 1.165) is 30.9 Å². The first-order valence-electron chi connectivity index (χ1n) is 4.65. The molecule has 1 aromatic heterocycles. The fourth-order valence-corrected chi connectivity index (χ4v) is 1.41. The molecule has 1 aromatic rings. The van der Waals surface area contributed by atoms with Gasteiger partial charge in [0.25, 0.3) is 0 Å². The molecule has 0 saturated heterocycles. The molecule has 0 atom stereocenters. The molecule has 90 valence electrons. The highest BCUT2D eigenvalue weighted by Crippen LogP contribution is 2.13. The quantitative estimate of drug-likeness (QED) is 0.867. The molecule has 0 bridgehead atoms. The molecule has 1 heterocycles. The van der Waals surface area contributed by atoms with Crippen molar-refractivity contribution in [2.75, 3.05) is 7.05 Å². The summed E-state index contributed by atoms with van der Waals surface area (Å²) >= 11 is 5.92. The predicted octanol–water partition coefficient (Wildman–Crippen LogP) is 2.97. The van der Waals surface area contributed by atoms with E-state index >= 15 is 0 Å². The summed E-state index contributed by atoms with van der Waals surface area (Å²) in [5, 5.41) is 3.64. The lowest BCUT2D eigenvalue weighted by molar-refractivity contribution is 0.751. The Hall–Kier alpha value is 0.0400. The number of H-pyrrole nitrogens is 1. The summed E-state index contributed by atoms with van der Waals surface area (Å²) in [6.45, 7) is 2.91. The predicted molar refractivity (Wildman–Crippen MR) is 69.5 cm³/mol. The standard InChI is InChI=1S/C9H16ClN3.2ClH/c1-3-4-5-8-12-7(6-11-2)9(10)13-8;;/h11H,3-6H2,1-2H3,(H,12,13);2*1H. The van der Waals surface area contributed by atoms with E-state index in [0.29, 0.717) is 5.15 Å². The third kappa shape index (κ3) is 5.61. The Labute approximate surface area is 108 Å². The van der Waals surface area contributed by atoms with Gasteiger partial charge in [-0.05, 0) is 13.5 Å². The van der Waals surface area contributed by atoms with Gasteiger partial charge in [0.05, 0.1) is 5.69 Å². The molecule has 0 fully saturated rings. The minimum atomic E-state index is 0. The SMILES string of the molecule is CCCCc1nc(Cl)c(CNC)[nH]1.Cl.Cl. The summed E-state index contributed by atoms with van der Waals surface area (Å²) in [6, 6.07) is 0. The first-order chi connectivity index (χ1) is 6.27. The maximum Gasteiger partial charge on any atom is 0.151 e. The minimum absolute atomic E-state index is 0. The Bertz CT molecular complexity index is 263. The van der Waals surface area contributed by atoms with Gasteiger partial charge in [0, 0.05) is 13.0 Å². The molecule has 0 amide bonds. The molecule has 15 heavy (non-hydrogen) atoms. The van der Waals surface area contributed by atoms with Gasteiger partial charge in [0.15, 0.2) is 5.15 Å². The van der Waals surface area contributed by atoms with E-state index in [2.05, 4.69) is 22.2 Å². The van der Waals surface area contributed by atoms with Gasteiger partial charge in [0.2, 0.25) is 0 Å². The van der Waals surface area contributed by atoms with Crippen LogP contribution in [0, 0.1) is 0 Å². The van der Waals surface area contributed by atoms with E-state index in [1.165, 1.54) is 6.42 Å². The van der Waals surface area contributed by atoms with Gasteiger partial charge in [-0.15, -0.1) is 24.8 Å². The van der Waals surface area contributed by atoms with Gasteiger partial charge in [-0.2, -0.15) is 0 Å². The summed E-state index contributed by atoms with van der Waals surface area (Å²) in [5.41, 5.74) is 0.982. The van der Waals surface area contributed by atoms with Crippen molar-refractivity contribution < 1.29 is 0 Å². The van der Waals surface area contributed by atoms with Crippen LogP contribution in [0.5, 0.6) is 0 Å². The summed E-state index contributed by atoms with van der Waals surface area (Å²) in [5.74, 6) is 0.997. The van der Waals surface area contributed by atoms with Gasteiger partial charge in [0.1, 0.15) is 5.82 Å². The van der Waals surface area contributed by atoms with E-state index in [1.807, 2.05) is 7.05 Å². The summed E-state index contributed by atoms with van der Waals surface area (Å²) in [4.78, 5) is 7.45. The number of hydrogen-bond acceptors (Lipinski definition) is 2. The largest absolute Gasteiger partial charge is 0.344 e. The maximum atomic E-state index is 5.92. The van der Waals surface area contributed by atoms with Crippen molar-refractivity contribution >= 4 is 36.4 Å². The number of halogens is 3. The number of unbranched alkanes of at least 4 members (excludes halogenated alkanes) is 1. The van der Waals surface area contributed by atoms with Gasteiger partial charge < -0.3 is 10.3 Å². The molecule has 1 rings (SSSR count). The van der Waals surface area contributed by atoms with Crippen LogP contribution in [0.25, 0.3) is 0 Å². The van der Waals surface area contributed by atoms with Crippen molar-refractivity contribution in [3.05, 3.63) is 16.7 Å². The highest BCUT2D eigenvalue weighted by Gasteiger charge is 2.05. The molecular weight excluding hydrogens is 256 g/mol. The van der Waals surface area contributed by atoms with Crippen molar-refractivity contribution in [1.29, 1.82) is 0 Å². The zero-order valence-electron chi connectivity index (χ0n) is 8.97. The van der Waals surface area contributed by atoms with Crippen molar-refractivity contribution in [3.8, 4) is 0 Å². The molecule has 0 saturated carbocycles. The van der Waals surface area contributed by atoms with E-state index in [-0.39, 0.29) is 24.8 Å². The molecule has 6 heteroatoms. The molecule has 0 aromatic carbocycles. The third-order valence-electron chi connectivity index (χ3n) is 1.90. The zero-order chi connectivity index (χ0) is 9.68. The normalized spacial score (nSPS) is 9.27. The van der Waals surface area contributed by atoms with Crippen LogP contribution in [0.3, 0.4) is 0 Å². The molecular formula is C9H18Cl3N3. The second kappa shape index (κ2) is 9.28. The smallest absolute Gasteiger partial charge is 0.151 e. The van der Waals surface area contributed by atoms with Crippen molar-refractivity contribution in [1.82, 2.24) is 15.3 Å². The Morgan fingerprint density at radius 2 is 2.07 bits per heavy atom. The van der Waals surface area contributed by atoms with Crippen LogP contribution < -0.4 is 5.32 Å². The van der Waals surface area contributed by atoms with Crippen LogP contribution in [0.2, 0.25) is 5.15 Å². The lowest BCUT2D eigenvalue weighted by Crippen LogP contribution is -2.05. The number of rotatable bonds is 5. The number of aromatic nitrogens is 2. The minimum Gasteiger partial charge on any atom is -0.344 e. The van der Waals surface area contributed by atoms with E-state index in [4.69, 9.17) is 11.6 Å². The fraction of sp³-hybridized carbons (Fsp3) is 0.667. The zero-order valence-corrected chi connectivity index (χ0v) is 11.4. The summed E-state index contributed by atoms with van der Waals surface area (Å²) < 4.78 is 0. The maximum absolute atomic E-state index is 5.92. The third-order valence-corrected chi connectivity index (χ3v) is 2.21. The molecule has 0 radical (unpaired) electrons. The summed E-state index contributed by atoms with van der Waals surface area (Å²) in [7, 11) is 1.89. The Morgan fingerprint density at radius 3 is 2.60 bits per heavy atom. The molecule has 0 aliphatic rings. The van der Waals surface area contributed by atoms with Crippen LogP contribution in [-0.2, 0) is 13.0 Å². The monoisotopic (exact) mass is 273 g/mol. The van der Waals surface area contributed by atoms with Crippen molar-refractivity contribution in [2.24, 2.45) is 0 Å². The number of imidazole rings is 1. The van der Waals surface area contributed by atoms with Crippen molar-refractivity contribution in [3.63, 3.8) is 0 Å². The van der Waals surface area contributed by atoms with Gasteiger partial charge >= 0.3 is 0 Å². The lowest BCUT2D eigenvalue weighted by atomic mass is 10.2. The van der Waals surface area contributed by atoms with Gasteiger partial charge in [-0.3, -0.25) is 0 Å². The first-order valence-corrected chi connectivity index (χ1v) is 5.03. The number of aryl methyl sites for hydroxylation is 1. The Balaban J connectivity index is 0. The molecule has 0 spiro atoms. The van der Waals surface area contributed by atoms with E-state index in [1.54, 1.807) is 0 Å². The molecule has 0 unspecified atom stereocenters. The number of nitrogens with one attached hydrogen (secondary N) is 2. The molecule has 3 nitrogen and oxygen atoms in total. The average Bonchev–Trinajstić information content (AvgIpc) is 2.45. The number of aromatic amines is 1. The number of nitrogens with zero attached hydrogens (tertiary/aromatic N) is 1. The van der Waals surface area contributed by atoms with Crippen molar-refractivity contribution in [2.45, 2.75) is 32.7 Å². The van der Waals surface area contributed by atoms with Crippen LogP contribution in [0.15, 0.2) is 0 Å². The second-order valence-corrected chi connectivity index (χ2v) is 3.44. The van der Waals surface area contributed by atoms with E-state index in [9.17, 15) is 0 Å². The number of hydrogen-bond donors (Lipinski definition) is 2. The molecule has 2 N–H and O–H groups in total. The summed E-state index contributed by atoms with van der Waals surface area (Å²) in [6.07, 6.45) is 3.32.